The maximum absolute atomic E-state index is 13.0. The molecule has 0 aromatic heterocycles. The number of amides is 3. The van der Waals surface area contributed by atoms with E-state index in [9.17, 15) is 27.6 Å². The summed E-state index contributed by atoms with van der Waals surface area (Å²) >= 11 is 3.27. The lowest BCUT2D eigenvalue weighted by atomic mass is 9.77. The van der Waals surface area contributed by atoms with Gasteiger partial charge in [0.15, 0.2) is 0 Å². The Labute approximate surface area is 159 Å². The molecular formula is C17H12BrF3N2O4. The van der Waals surface area contributed by atoms with Gasteiger partial charge in [0.05, 0.1) is 30.2 Å². The minimum absolute atomic E-state index is 0.372. The number of imide groups is 1. The topological polar surface area (TPSA) is 75.7 Å². The van der Waals surface area contributed by atoms with Crippen molar-refractivity contribution in [1.29, 1.82) is 0 Å². The minimum atomic E-state index is -5.05. The predicted molar refractivity (Wildman–Crippen MR) is 89.4 cm³/mol. The van der Waals surface area contributed by atoms with Gasteiger partial charge in [-0.25, -0.2) is 4.90 Å². The summed E-state index contributed by atoms with van der Waals surface area (Å²) in [6.45, 7) is -0.549. The van der Waals surface area contributed by atoms with Gasteiger partial charge >= 0.3 is 12.1 Å². The molecule has 2 fully saturated rings. The van der Waals surface area contributed by atoms with Gasteiger partial charge in [0, 0.05) is 4.47 Å². The van der Waals surface area contributed by atoms with Crippen LogP contribution < -0.4 is 10.2 Å². The highest BCUT2D eigenvalue weighted by Gasteiger charge is 2.68. The molecule has 3 aliphatic rings. The van der Waals surface area contributed by atoms with Crippen molar-refractivity contribution >= 4 is 39.3 Å². The molecule has 1 N–H and O–H groups in total. The number of nitrogens with zero attached hydrogens (tertiary/aromatic N) is 1. The molecule has 0 unspecified atom stereocenters. The summed E-state index contributed by atoms with van der Waals surface area (Å²) in [5, 5.41) is 1.76. The average molecular weight is 445 g/mol. The van der Waals surface area contributed by atoms with E-state index in [0.29, 0.717) is 5.69 Å². The van der Waals surface area contributed by atoms with Crippen molar-refractivity contribution in [2.45, 2.75) is 17.9 Å². The lowest BCUT2D eigenvalue weighted by Gasteiger charge is -2.29. The number of alkyl halides is 3. The number of carbonyl (C=O) groups excluding carboxylic acids is 3. The van der Waals surface area contributed by atoms with Gasteiger partial charge < -0.3 is 10.1 Å². The van der Waals surface area contributed by atoms with E-state index >= 15 is 0 Å². The largest absolute Gasteiger partial charge is 0.471 e. The van der Waals surface area contributed by atoms with E-state index < -0.39 is 54.0 Å². The molecule has 2 saturated heterocycles. The molecule has 0 radical (unpaired) electrons. The molecule has 142 valence electrons. The van der Waals surface area contributed by atoms with Crippen LogP contribution in [-0.4, -0.2) is 42.1 Å². The lowest BCUT2D eigenvalue weighted by Crippen LogP contribution is -2.51. The molecule has 1 aromatic carbocycles. The fraction of sp³-hybridized carbons (Fsp3) is 0.353. The fourth-order valence-corrected chi connectivity index (χ4v) is 4.13. The lowest BCUT2D eigenvalue weighted by molar-refractivity contribution is -0.174. The highest BCUT2D eigenvalue weighted by atomic mass is 79.9. The van der Waals surface area contributed by atoms with Crippen LogP contribution in [0, 0.1) is 11.8 Å². The van der Waals surface area contributed by atoms with Crippen LogP contribution in [0.15, 0.2) is 40.9 Å². The van der Waals surface area contributed by atoms with Crippen molar-refractivity contribution in [2.24, 2.45) is 11.8 Å². The van der Waals surface area contributed by atoms with Gasteiger partial charge in [-0.3, -0.25) is 14.4 Å². The van der Waals surface area contributed by atoms with Crippen LogP contribution in [0.1, 0.15) is 0 Å². The molecule has 6 nitrogen and oxygen atoms in total. The SMILES string of the molecule is O=C1[C@H]2[C@@H]3C=C[C@](CNC(=O)C(F)(F)F)(O3)[C@@H]2C(=O)N1c1ccc(Br)cc1. The van der Waals surface area contributed by atoms with Crippen molar-refractivity contribution in [3.8, 4) is 0 Å². The number of rotatable bonds is 3. The van der Waals surface area contributed by atoms with Crippen molar-refractivity contribution in [3.63, 3.8) is 0 Å². The molecule has 4 rings (SSSR count). The standard InChI is InChI=1S/C17H12BrF3N2O4/c18-8-1-3-9(4-2-8)23-13(24)11-10-5-6-16(27-10,12(11)14(23)25)7-22-15(26)17(19,20)21/h1-6,10-12H,7H2,(H,22,26)/t10-,11-,12-,16+/m0/s1. The molecule has 3 aliphatic heterocycles. The number of fused-ring (bicyclic) bond motifs is 5. The van der Waals surface area contributed by atoms with Gasteiger partial charge in [-0.05, 0) is 24.3 Å². The van der Waals surface area contributed by atoms with Gasteiger partial charge in [0.1, 0.15) is 5.60 Å². The zero-order valence-corrected chi connectivity index (χ0v) is 15.1. The van der Waals surface area contributed by atoms with Crippen molar-refractivity contribution < 1.29 is 32.3 Å². The van der Waals surface area contributed by atoms with Crippen LogP contribution in [0.2, 0.25) is 0 Å². The number of carbonyl (C=O) groups is 3. The summed E-state index contributed by atoms with van der Waals surface area (Å²) in [5.41, 5.74) is -1.09. The van der Waals surface area contributed by atoms with Crippen LogP contribution in [-0.2, 0) is 19.1 Å². The van der Waals surface area contributed by atoms with E-state index in [1.54, 1.807) is 35.7 Å². The Kier molecular flexibility index (Phi) is 3.97. The van der Waals surface area contributed by atoms with Crippen molar-refractivity contribution in [1.82, 2.24) is 5.32 Å². The zero-order valence-electron chi connectivity index (χ0n) is 13.5. The van der Waals surface area contributed by atoms with E-state index in [0.717, 1.165) is 9.37 Å². The van der Waals surface area contributed by atoms with E-state index in [1.807, 2.05) is 0 Å². The first-order valence-electron chi connectivity index (χ1n) is 8.00. The van der Waals surface area contributed by atoms with E-state index in [1.165, 1.54) is 6.08 Å². The van der Waals surface area contributed by atoms with Gasteiger partial charge in [-0.15, -0.1) is 0 Å². The predicted octanol–water partition coefficient (Wildman–Crippen LogP) is 1.94. The zero-order chi connectivity index (χ0) is 19.6. The van der Waals surface area contributed by atoms with Crippen molar-refractivity contribution in [3.05, 3.63) is 40.9 Å². The highest BCUT2D eigenvalue weighted by Crippen LogP contribution is 2.52. The number of anilines is 1. The Hall–Kier alpha value is -2.20. The number of benzene rings is 1. The monoisotopic (exact) mass is 444 g/mol. The summed E-state index contributed by atoms with van der Waals surface area (Å²) in [6, 6.07) is 6.53. The number of ether oxygens (including phenoxy) is 1. The second kappa shape index (κ2) is 5.90. The summed E-state index contributed by atoms with van der Waals surface area (Å²) < 4.78 is 43.9. The summed E-state index contributed by atoms with van der Waals surface area (Å²) in [6.07, 6.45) is -2.74. The molecule has 0 spiro atoms. The summed E-state index contributed by atoms with van der Waals surface area (Å²) in [4.78, 5) is 38.0. The number of hydrogen-bond acceptors (Lipinski definition) is 4. The molecule has 0 aliphatic carbocycles. The molecular weight excluding hydrogens is 433 g/mol. The second-order valence-corrected chi connectivity index (χ2v) is 7.48. The molecule has 2 bridgehead atoms. The Morgan fingerprint density at radius 2 is 1.89 bits per heavy atom. The van der Waals surface area contributed by atoms with Crippen LogP contribution in [0.4, 0.5) is 18.9 Å². The van der Waals surface area contributed by atoms with E-state index in [-0.39, 0.29) is 0 Å². The molecule has 1 aromatic rings. The Morgan fingerprint density at radius 1 is 1.22 bits per heavy atom. The molecule has 10 heteroatoms. The number of halogens is 4. The number of nitrogens with one attached hydrogen (secondary N) is 1. The molecule has 27 heavy (non-hydrogen) atoms. The smallest absolute Gasteiger partial charge is 0.360 e. The quantitative estimate of drug-likeness (QED) is 0.570. The maximum Gasteiger partial charge on any atom is 0.471 e. The van der Waals surface area contributed by atoms with Gasteiger partial charge in [-0.1, -0.05) is 28.1 Å². The molecule has 3 heterocycles. The van der Waals surface area contributed by atoms with Gasteiger partial charge in [-0.2, -0.15) is 13.2 Å². The molecule has 4 atom stereocenters. The third-order valence-electron chi connectivity index (χ3n) is 5.02. The Bertz CT molecular complexity index is 870. The van der Waals surface area contributed by atoms with Gasteiger partial charge in [0.2, 0.25) is 11.8 Å². The van der Waals surface area contributed by atoms with Crippen molar-refractivity contribution in [2.75, 3.05) is 11.4 Å². The Balaban J connectivity index is 1.62. The first-order valence-corrected chi connectivity index (χ1v) is 8.79. The molecule has 3 amide bonds. The fourth-order valence-electron chi connectivity index (χ4n) is 3.87. The van der Waals surface area contributed by atoms with Crippen LogP contribution in [0.3, 0.4) is 0 Å². The van der Waals surface area contributed by atoms with E-state index in [4.69, 9.17) is 4.74 Å². The second-order valence-electron chi connectivity index (χ2n) is 6.57. The first kappa shape index (κ1) is 18.2. The summed E-state index contributed by atoms with van der Waals surface area (Å²) in [5.74, 6) is -4.96. The normalized spacial score (nSPS) is 31.6. The van der Waals surface area contributed by atoms with Gasteiger partial charge in [0.25, 0.3) is 0 Å². The minimum Gasteiger partial charge on any atom is -0.360 e. The third kappa shape index (κ3) is 2.69. The van der Waals surface area contributed by atoms with E-state index in [2.05, 4.69) is 15.9 Å². The number of hydrogen-bond donors (Lipinski definition) is 1. The molecule has 0 saturated carbocycles. The van der Waals surface area contributed by atoms with Crippen LogP contribution in [0.25, 0.3) is 0 Å². The van der Waals surface area contributed by atoms with Crippen LogP contribution >= 0.6 is 15.9 Å². The third-order valence-corrected chi connectivity index (χ3v) is 5.55. The first-order chi connectivity index (χ1) is 12.6. The Morgan fingerprint density at radius 3 is 2.52 bits per heavy atom. The average Bonchev–Trinajstić information content (AvgIpc) is 3.24. The summed E-state index contributed by atoms with van der Waals surface area (Å²) in [7, 11) is 0. The van der Waals surface area contributed by atoms with Crippen LogP contribution in [0.5, 0.6) is 0 Å². The highest BCUT2D eigenvalue weighted by molar-refractivity contribution is 9.10. The maximum atomic E-state index is 13.0.